The number of anilines is 1. The maximum atomic E-state index is 11.1. The zero-order valence-corrected chi connectivity index (χ0v) is 17.5. The number of carbonyl (C=O) groups is 1. The van der Waals surface area contributed by atoms with E-state index in [0.29, 0.717) is 6.54 Å². The van der Waals surface area contributed by atoms with Gasteiger partial charge < -0.3 is 15.3 Å². The van der Waals surface area contributed by atoms with Gasteiger partial charge in [0.1, 0.15) is 5.82 Å². The minimum atomic E-state index is -0.967. The Labute approximate surface area is 167 Å². The molecule has 8 heteroatoms. The second kappa shape index (κ2) is 7.98. The van der Waals surface area contributed by atoms with Crippen LogP contribution in [0.2, 0.25) is 0 Å². The molecule has 1 atom stereocenters. The predicted octanol–water partition coefficient (Wildman–Crippen LogP) is 3.20. The standard InChI is InChI=1S/C19H26BrN5O2/c1-19(2,3)16(23-18(26)27)12-24-6-8-25(9-7-24)17-11-21-14-5-4-13(20)10-15(14)22-17/h4-5,10-11,16,23H,6-9,12H2,1-3H3,(H,26,27). The van der Waals surface area contributed by atoms with E-state index in [1.807, 2.05) is 24.4 Å². The molecule has 2 N–H and O–H groups in total. The van der Waals surface area contributed by atoms with Crippen LogP contribution < -0.4 is 10.2 Å². The van der Waals surface area contributed by atoms with Crippen LogP contribution in [0.15, 0.2) is 28.9 Å². The van der Waals surface area contributed by atoms with E-state index in [4.69, 9.17) is 10.1 Å². The lowest BCUT2D eigenvalue weighted by Crippen LogP contribution is -2.55. The Morgan fingerprint density at radius 3 is 2.59 bits per heavy atom. The van der Waals surface area contributed by atoms with E-state index in [0.717, 1.165) is 47.5 Å². The van der Waals surface area contributed by atoms with E-state index in [1.165, 1.54) is 0 Å². The van der Waals surface area contributed by atoms with E-state index in [2.05, 4.69) is 56.8 Å². The van der Waals surface area contributed by atoms with Crippen molar-refractivity contribution in [1.82, 2.24) is 20.2 Å². The largest absolute Gasteiger partial charge is 0.465 e. The number of rotatable bonds is 4. The molecule has 2 aromatic rings. The predicted molar refractivity (Wildman–Crippen MR) is 110 cm³/mol. The van der Waals surface area contributed by atoms with Crippen molar-refractivity contribution < 1.29 is 9.90 Å². The van der Waals surface area contributed by atoms with E-state index in [-0.39, 0.29) is 11.5 Å². The molecule has 1 saturated heterocycles. The number of aromatic nitrogens is 2. The number of hydrogen-bond acceptors (Lipinski definition) is 5. The molecule has 1 aliphatic heterocycles. The molecule has 0 saturated carbocycles. The van der Waals surface area contributed by atoms with Crippen molar-refractivity contribution in [2.45, 2.75) is 26.8 Å². The van der Waals surface area contributed by atoms with Gasteiger partial charge in [0.05, 0.1) is 17.2 Å². The highest BCUT2D eigenvalue weighted by molar-refractivity contribution is 9.10. The monoisotopic (exact) mass is 435 g/mol. The number of benzene rings is 1. The molecule has 2 heterocycles. The lowest BCUT2D eigenvalue weighted by Gasteiger charge is -2.39. The van der Waals surface area contributed by atoms with Gasteiger partial charge in [0.15, 0.2) is 0 Å². The van der Waals surface area contributed by atoms with Gasteiger partial charge in [-0.2, -0.15) is 0 Å². The summed E-state index contributed by atoms with van der Waals surface area (Å²) in [6.07, 6.45) is 0.863. The molecule has 1 aromatic carbocycles. The Balaban J connectivity index is 1.63. The quantitative estimate of drug-likeness (QED) is 0.766. The lowest BCUT2D eigenvalue weighted by atomic mass is 9.86. The van der Waals surface area contributed by atoms with Crippen LogP contribution in [-0.4, -0.2) is 64.8 Å². The number of fused-ring (bicyclic) bond motifs is 1. The molecule has 1 aromatic heterocycles. The minimum Gasteiger partial charge on any atom is -0.465 e. The van der Waals surface area contributed by atoms with E-state index in [1.54, 1.807) is 0 Å². The first-order chi connectivity index (χ1) is 12.7. The van der Waals surface area contributed by atoms with Crippen molar-refractivity contribution in [3.63, 3.8) is 0 Å². The Hall–Kier alpha value is -1.93. The van der Waals surface area contributed by atoms with Gasteiger partial charge in [-0.05, 0) is 23.6 Å². The second-order valence-electron chi connectivity index (χ2n) is 8.02. The number of piperazine rings is 1. The zero-order valence-electron chi connectivity index (χ0n) is 15.9. The van der Waals surface area contributed by atoms with Crippen LogP contribution in [0.4, 0.5) is 10.6 Å². The van der Waals surface area contributed by atoms with Gasteiger partial charge in [0, 0.05) is 43.2 Å². The van der Waals surface area contributed by atoms with Crippen LogP contribution >= 0.6 is 15.9 Å². The number of hydrogen-bond donors (Lipinski definition) is 2. The fourth-order valence-electron chi connectivity index (χ4n) is 3.23. The molecule has 0 radical (unpaired) electrons. The third kappa shape index (κ3) is 5.07. The Kier molecular flexibility index (Phi) is 5.86. The number of carboxylic acid groups (broad SMARTS) is 1. The number of halogens is 1. The summed E-state index contributed by atoms with van der Waals surface area (Å²) in [4.78, 5) is 24.9. The molecular formula is C19H26BrN5O2. The molecule has 1 amide bonds. The molecule has 1 aliphatic rings. The Bertz CT molecular complexity index is 815. The minimum absolute atomic E-state index is 0.112. The van der Waals surface area contributed by atoms with Gasteiger partial charge in [-0.1, -0.05) is 36.7 Å². The lowest BCUT2D eigenvalue weighted by molar-refractivity contribution is 0.145. The molecule has 3 rings (SSSR count). The zero-order chi connectivity index (χ0) is 19.6. The summed E-state index contributed by atoms with van der Waals surface area (Å²) in [5, 5.41) is 11.8. The molecule has 7 nitrogen and oxygen atoms in total. The highest BCUT2D eigenvalue weighted by Crippen LogP contribution is 2.23. The summed E-state index contributed by atoms with van der Waals surface area (Å²) in [6, 6.07) is 5.79. The second-order valence-corrected chi connectivity index (χ2v) is 8.93. The molecule has 27 heavy (non-hydrogen) atoms. The number of nitrogens with zero attached hydrogens (tertiary/aromatic N) is 4. The molecule has 0 bridgehead atoms. The Morgan fingerprint density at radius 2 is 1.96 bits per heavy atom. The molecule has 146 valence electrons. The van der Waals surface area contributed by atoms with Crippen molar-refractivity contribution in [3.05, 3.63) is 28.9 Å². The molecule has 0 aliphatic carbocycles. The van der Waals surface area contributed by atoms with Gasteiger partial charge in [0.2, 0.25) is 0 Å². The van der Waals surface area contributed by atoms with Gasteiger partial charge in [0.25, 0.3) is 0 Å². The summed E-state index contributed by atoms with van der Waals surface area (Å²) in [5.41, 5.74) is 1.63. The summed E-state index contributed by atoms with van der Waals surface area (Å²) < 4.78 is 0.991. The van der Waals surface area contributed by atoms with Crippen LogP contribution in [0.3, 0.4) is 0 Å². The fourth-order valence-corrected chi connectivity index (χ4v) is 3.58. The van der Waals surface area contributed by atoms with Crippen LogP contribution in [0.25, 0.3) is 11.0 Å². The summed E-state index contributed by atoms with van der Waals surface area (Å²) in [5.74, 6) is 0.885. The maximum absolute atomic E-state index is 11.1. The Morgan fingerprint density at radius 1 is 1.26 bits per heavy atom. The summed E-state index contributed by atoms with van der Waals surface area (Å²) in [6.45, 7) is 10.3. The topological polar surface area (TPSA) is 81.6 Å². The van der Waals surface area contributed by atoms with Gasteiger partial charge >= 0.3 is 6.09 Å². The van der Waals surface area contributed by atoms with E-state index >= 15 is 0 Å². The van der Waals surface area contributed by atoms with Crippen LogP contribution in [-0.2, 0) is 0 Å². The molecule has 1 unspecified atom stereocenters. The molecule has 1 fully saturated rings. The van der Waals surface area contributed by atoms with Gasteiger partial charge in [-0.15, -0.1) is 0 Å². The van der Waals surface area contributed by atoms with Crippen molar-refractivity contribution in [3.8, 4) is 0 Å². The van der Waals surface area contributed by atoms with Crippen LogP contribution in [0.1, 0.15) is 20.8 Å². The normalized spacial score (nSPS) is 17.1. The first kappa shape index (κ1) is 19.8. The SMILES string of the molecule is CC(C)(C)C(CN1CCN(c2cnc3ccc(Br)cc3n2)CC1)NC(=O)O. The highest BCUT2D eigenvalue weighted by Gasteiger charge is 2.29. The van der Waals surface area contributed by atoms with Gasteiger partial charge in [-0.3, -0.25) is 9.88 Å². The van der Waals surface area contributed by atoms with Crippen LogP contribution in [0, 0.1) is 5.41 Å². The first-order valence-corrected chi connectivity index (χ1v) is 9.91. The summed E-state index contributed by atoms with van der Waals surface area (Å²) >= 11 is 3.48. The fraction of sp³-hybridized carbons (Fsp3) is 0.526. The summed E-state index contributed by atoms with van der Waals surface area (Å²) in [7, 11) is 0. The first-order valence-electron chi connectivity index (χ1n) is 9.11. The van der Waals surface area contributed by atoms with Gasteiger partial charge in [-0.25, -0.2) is 9.78 Å². The van der Waals surface area contributed by atoms with Crippen molar-refractivity contribution in [1.29, 1.82) is 0 Å². The smallest absolute Gasteiger partial charge is 0.404 e. The number of nitrogens with one attached hydrogen (secondary N) is 1. The molecular weight excluding hydrogens is 410 g/mol. The van der Waals surface area contributed by atoms with E-state index < -0.39 is 6.09 Å². The van der Waals surface area contributed by atoms with E-state index in [9.17, 15) is 4.79 Å². The molecule has 0 spiro atoms. The maximum Gasteiger partial charge on any atom is 0.404 e. The third-order valence-electron chi connectivity index (χ3n) is 4.97. The average Bonchev–Trinajstić information content (AvgIpc) is 2.60. The van der Waals surface area contributed by atoms with Crippen molar-refractivity contribution >= 4 is 38.9 Å². The van der Waals surface area contributed by atoms with Crippen molar-refractivity contribution in [2.75, 3.05) is 37.6 Å². The number of amides is 1. The average molecular weight is 436 g/mol. The highest BCUT2D eigenvalue weighted by atomic mass is 79.9. The van der Waals surface area contributed by atoms with Crippen molar-refractivity contribution in [2.24, 2.45) is 5.41 Å². The van der Waals surface area contributed by atoms with Crippen LogP contribution in [0.5, 0.6) is 0 Å². The third-order valence-corrected chi connectivity index (χ3v) is 5.46.